The number of hydrogen-bond donors (Lipinski definition) is 1. The van der Waals surface area contributed by atoms with Gasteiger partial charge in [-0.2, -0.15) is 0 Å². The first-order valence-electron chi connectivity index (χ1n) is 4.76. The minimum absolute atomic E-state index is 0.237. The zero-order valence-electron chi connectivity index (χ0n) is 8.76. The van der Waals surface area contributed by atoms with Crippen molar-refractivity contribution in [1.29, 1.82) is 0 Å². The van der Waals surface area contributed by atoms with Crippen LogP contribution in [0, 0.1) is 0 Å². The van der Waals surface area contributed by atoms with Gasteiger partial charge in [0, 0.05) is 12.7 Å². The number of aromatic nitrogens is 1. The Labute approximate surface area is 99.7 Å². The van der Waals surface area contributed by atoms with E-state index < -0.39 is 0 Å². The third-order valence-corrected chi connectivity index (χ3v) is 2.15. The Bertz CT molecular complexity index is 318. The molecule has 1 aromatic rings. The Morgan fingerprint density at radius 1 is 1.47 bits per heavy atom. The molecule has 0 fully saturated rings. The van der Waals surface area contributed by atoms with Crippen molar-refractivity contribution < 1.29 is 4.74 Å². The van der Waals surface area contributed by atoms with Crippen molar-refractivity contribution in [1.82, 2.24) is 4.98 Å². The fraction of sp³-hybridized carbons (Fsp3) is 0.500. The van der Waals surface area contributed by atoms with Crippen LogP contribution >= 0.6 is 23.2 Å². The van der Waals surface area contributed by atoms with Gasteiger partial charge in [-0.25, -0.2) is 4.98 Å². The van der Waals surface area contributed by atoms with E-state index in [0.717, 1.165) is 0 Å². The van der Waals surface area contributed by atoms with E-state index in [1.165, 1.54) is 0 Å². The number of halogens is 2. The van der Waals surface area contributed by atoms with Crippen LogP contribution in [0.4, 0.5) is 5.82 Å². The molecule has 0 saturated carbocycles. The second kappa shape index (κ2) is 6.16. The molecule has 1 N–H and O–H groups in total. The Morgan fingerprint density at radius 3 is 2.80 bits per heavy atom. The molecule has 1 rings (SSSR count). The zero-order valence-corrected chi connectivity index (χ0v) is 10.3. The molecule has 0 aliphatic heterocycles. The molecule has 0 radical (unpaired) electrons. The molecular weight excluding hydrogens is 235 g/mol. The molecule has 0 spiro atoms. The van der Waals surface area contributed by atoms with E-state index in [1.807, 2.05) is 13.8 Å². The molecule has 84 valence electrons. The summed E-state index contributed by atoms with van der Waals surface area (Å²) in [5, 5.41) is 4.12. The summed E-state index contributed by atoms with van der Waals surface area (Å²) in [5.41, 5.74) is 0. The fourth-order valence-corrected chi connectivity index (χ4v) is 1.46. The summed E-state index contributed by atoms with van der Waals surface area (Å²) < 4.78 is 5.37. The number of anilines is 1. The molecule has 0 amide bonds. The van der Waals surface area contributed by atoms with E-state index in [1.54, 1.807) is 12.3 Å². The van der Waals surface area contributed by atoms with Gasteiger partial charge in [0.15, 0.2) is 0 Å². The van der Waals surface area contributed by atoms with E-state index in [4.69, 9.17) is 27.9 Å². The molecule has 15 heavy (non-hydrogen) atoms. The van der Waals surface area contributed by atoms with Gasteiger partial charge in [-0.15, -0.1) is 0 Å². The highest BCUT2D eigenvalue weighted by atomic mass is 35.5. The Morgan fingerprint density at radius 2 is 2.20 bits per heavy atom. The summed E-state index contributed by atoms with van der Waals surface area (Å²) in [4.78, 5) is 4.06. The minimum Gasteiger partial charge on any atom is -0.377 e. The number of ether oxygens (including phenoxy) is 1. The van der Waals surface area contributed by atoms with Crippen molar-refractivity contribution in [3.8, 4) is 0 Å². The lowest BCUT2D eigenvalue weighted by molar-refractivity contribution is 0.0870. The third-order valence-electron chi connectivity index (χ3n) is 1.65. The Kier molecular flexibility index (Phi) is 5.15. The summed E-state index contributed by atoms with van der Waals surface area (Å²) in [7, 11) is 0. The summed E-state index contributed by atoms with van der Waals surface area (Å²) in [6.45, 7) is 5.28. The lowest BCUT2D eigenvalue weighted by atomic mass is 10.4. The SMILES string of the molecule is CC(C)OCCNc1ncc(Cl)cc1Cl. The molecule has 0 unspecified atom stereocenters. The number of hydrogen-bond acceptors (Lipinski definition) is 3. The van der Waals surface area contributed by atoms with Crippen molar-refractivity contribution in [3.63, 3.8) is 0 Å². The van der Waals surface area contributed by atoms with Gasteiger partial charge >= 0.3 is 0 Å². The first-order chi connectivity index (χ1) is 7.09. The lowest BCUT2D eigenvalue weighted by Crippen LogP contribution is -2.13. The van der Waals surface area contributed by atoms with Gasteiger partial charge in [0.25, 0.3) is 0 Å². The van der Waals surface area contributed by atoms with Crippen molar-refractivity contribution >= 4 is 29.0 Å². The van der Waals surface area contributed by atoms with Crippen LogP contribution in [0.1, 0.15) is 13.8 Å². The highest BCUT2D eigenvalue weighted by Crippen LogP contribution is 2.21. The molecule has 0 bridgehead atoms. The van der Waals surface area contributed by atoms with Gasteiger partial charge < -0.3 is 10.1 Å². The van der Waals surface area contributed by atoms with E-state index >= 15 is 0 Å². The van der Waals surface area contributed by atoms with E-state index in [2.05, 4.69) is 10.3 Å². The predicted octanol–water partition coefficient (Wildman–Crippen LogP) is 3.23. The van der Waals surface area contributed by atoms with Gasteiger partial charge in [-0.05, 0) is 19.9 Å². The highest BCUT2D eigenvalue weighted by Gasteiger charge is 2.01. The second-order valence-corrected chi connectivity index (χ2v) is 4.17. The van der Waals surface area contributed by atoms with Crippen LogP contribution < -0.4 is 5.32 Å². The van der Waals surface area contributed by atoms with Gasteiger partial charge in [0.2, 0.25) is 0 Å². The van der Waals surface area contributed by atoms with E-state index in [-0.39, 0.29) is 6.10 Å². The van der Waals surface area contributed by atoms with Crippen molar-refractivity contribution in [2.45, 2.75) is 20.0 Å². The lowest BCUT2D eigenvalue weighted by Gasteiger charge is -2.09. The molecule has 1 heterocycles. The summed E-state index contributed by atoms with van der Waals surface area (Å²) in [6.07, 6.45) is 1.79. The largest absolute Gasteiger partial charge is 0.377 e. The van der Waals surface area contributed by atoms with Gasteiger partial charge in [0.1, 0.15) is 5.82 Å². The van der Waals surface area contributed by atoms with Crippen molar-refractivity contribution in [2.75, 3.05) is 18.5 Å². The maximum atomic E-state index is 5.92. The number of nitrogens with zero attached hydrogens (tertiary/aromatic N) is 1. The molecule has 0 atom stereocenters. The molecular formula is C10H14Cl2N2O. The number of rotatable bonds is 5. The molecule has 0 saturated heterocycles. The van der Waals surface area contributed by atoms with E-state index in [0.29, 0.717) is 29.0 Å². The fourth-order valence-electron chi connectivity index (χ4n) is 1.01. The van der Waals surface area contributed by atoms with Crippen molar-refractivity contribution in [3.05, 3.63) is 22.3 Å². The monoisotopic (exact) mass is 248 g/mol. The Hall–Kier alpha value is -0.510. The first-order valence-corrected chi connectivity index (χ1v) is 5.51. The summed E-state index contributed by atoms with van der Waals surface area (Å²) >= 11 is 11.6. The smallest absolute Gasteiger partial charge is 0.144 e. The first kappa shape index (κ1) is 12.6. The molecule has 0 aliphatic rings. The van der Waals surface area contributed by atoms with Crippen LogP contribution in [0.3, 0.4) is 0 Å². The predicted molar refractivity (Wildman–Crippen MR) is 63.8 cm³/mol. The highest BCUT2D eigenvalue weighted by molar-refractivity contribution is 6.35. The summed E-state index contributed by atoms with van der Waals surface area (Å²) in [6, 6.07) is 1.65. The van der Waals surface area contributed by atoms with E-state index in [9.17, 15) is 0 Å². The van der Waals surface area contributed by atoms with Crippen LogP contribution in [0.2, 0.25) is 10.0 Å². The average Bonchev–Trinajstić information content (AvgIpc) is 2.14. The van der Waals surface area contributed by atoms with Gasteiger partial charge in [-0.1, -0.05) is 23.2 Å². The van der Waals surface area contributed by atoms with Gasteiger partial charge in [-0.3, -0.25) is 0 Å². The molecule has 3 nitrogen and oxygen atoms in total. The maximum Gasteiger partial charge on any atom is 0.144 e. The molecule has 0 aliphatic carbocycles. The average molecular weight is 249 g/mol. The normalized spacial score (nSPS) is 10.7. The van der Waals surface area contributed by atoms with Crippen LogP contribution in [0.15, 0.2) is 12.3 Å². The topological polar surface area (TPSA) is 34.1 Å². The molecule has 1 aromatic heterocycles. The molecule has 5 heteroatoms. The van der Waals surface area contributed by atoms with Crippen LogP contribution in [0.25, 0.3) is 0 Å². The molecule has 0 aromatic carbocycles. The number of nitrogens with one attached hydrogen (secondary N) is 1. The summed E-state index contributed by atoms with van der Waals surface area (Å²) in [5.74, 6) is 0.633. The maximum absolute atomic E-state index is 5.92. The van der Waals surface area contributed by atoms with Crippen molar-refractivity contribution in [2.24, 2.45) is 0 Å². The second-order valence-electron chi connectivity index (χ2n) is 3.33. The van der Waals surface area contributed by atoms with Gasteiger partial charge in [0.05, 0.1) is 22.8 Å². The van der Waals surface area contributed by atoms with Crippen LogP contribution in [-0.2, 0) is 4.74 Å². The number of pyridine rings is 1. The van der Waals surface area contributed by atoms with Crippen LogP contribution in [0.5, 0.6) is 0 Å². The third kappa shape index (κ3) is 4.69. The zero-order chi connectivity index (χ0) is 11.3. The standard InChI is InChI=1S/C10H14Cl2N2O/c1-7(2)15-4-3-13-10-9(12)5-8(11)6-14-10/h5-7H,3-4H2,1-2H3,(H,13,14). The Balaban J connectivity index is 2.37. The van der Waals surface area contributed by atoms with Crippen LogP contribution in [-0.4, -0.2) is 24.2 Å². The quantitative estimate of drug-likeness (QED) is 0.813. The minimum atomic E-state index is 0.237.